The first-order valence-electron chi connectivity index (χ1n) is 12.1. The molecule has 35 heavy (non-hydrogen) atoms. The Bertz CT molecular complexity index is 1130. The van der Waals surface area contributed by atoms with E-state index in [9.17, 15) is 9.59 Å². The predicted octanol–water partition coefficient (Wildman–Crippen LogP) is 6.34. The fourth-order valence-electron chi connectivity index (χ4n) is 4.63. The number of carbonyl (C=O) groups is 2. The van der Waals surface area contributed by atoms with E-state index in [-0.39, 0.29) is 24.3 Å². The molecule has 182 valence electrons. The summed E-state index contributed by atoms with van der Waals surface area (Å²) < 4.78 is 0.940. The summed E-state index contributed by atoms with van der Waals surface area (Å²) in [6.45, 7) is 0.349. The molecule has 2 amide bonds. The number of hydrogen-bond acceptors (Lipinski definition) is 2. The number of nitrogens with zero attached hydrogens (tertiary/aromatic N) is 1. The minimum Gasteiger partial charge on any atom is -0.352 e. The molecule has 0 aliphatic heterocycles. The summed E-state index contributed by atoms with van der Waals surface area (Å²) in [6.07, 6.45) is 4.91. The van der Waals surface area contributed by atoms with Crippen LogP contribution in [0.25, 0.3) is 0 Å². The molecule has 0 spiro atoms. The van der Waals surface area contributed by atoms with E-state index in [0.717, 1.165) is 46.8 Å². The maximum Gasteiger partial charge on any atom is 0.243 e. The first-order chi connectivity index (χ1) is 17.0. The molecule has 1 fully saturated rings. The lowest BCUT2D eigenvalue weighted by Gasteiger charge is -2.32. The van der Waals surface area contributed by atoms with Crippen LogP contribution in [0.5, 0.6) is 0 Å². The van der Waals surface area contributed by atoms with E-state index in [1.54, 1.807) is 17.0 Å². The lowest BCUT2D eigenvalue weighted by atomic mass is 10.0. The molecule has 3 aromatic carbocycles. The minimum absolute atomic E-state index is 0.0831. The molecule has 1 atom stereocenters. The first kappa shape index (κ1) is 25.5. The van der Waals surface area contributed by atoms with Crippen LogP contribution in [0.3, 0.4) is 0 Å². The van der Waals surface area contributed by atoms with Crippen molar-refractivity contribution in [2.45, 2.75) is 57.2 Å². The monoisotopic (exact) mass is 552 g/mol. The highest BCUT2D eigenvalue weighted by molar-refractivity contribution is 9.10. The van der Waals surface area contributed by atoms with Gasteiger partial charge in [0.2, 0.25) is 11.8 Å². The van der Waals surface area contributed by atoms with Crippen LogP contribution in [0.1, 0.15) is 42.4 Å². The van der Waals surface area contributed by atoms with E-state index in [1.165, 1.54) is 0 Å². The Hall–Kier alpha value is -2.63. The van der Waals surface area contributed by atoms with Crippen molar-refractivity contribution in [3.8, 4) is 0 Å². The van der Waals surface area contributed by atoms with Crippen molar-refractivity contribution >= 4 is 39.3 Å². The predicted molar refractivity (Wildman–Crippen MR) is 144 cm³/mol. The third-order valence-corrected chi connectivity index (χ3v) is 7.23. The number of carbonyl (C=O) groups excluding carboxylic acids is 2. The van der Waals surface area contributed by atoms with Gasteiger partial charge in [-0.3, -0.25) is 9.59 Å². The third-order valence-electron chi connectivity index (χ3n) is 6.48. The van der Waals surface area contributed by atoms with Crippen LogP contribution in [-0.4, -0.2) is 28.8 Å². The Balaban J connectivity index is 1.65. The highest BCUT2D eigenvalue weighted by Crippen LogP contribution is 2.22. The molecule has 0 saturated heterocycles. The lowest BCUT2D eigenvalue weighted by molar-refractivity contribution is -0.141. The zero-order valence-electron chi connectivity index (χ0n) is 19.6. The van der Waals surface area contributed by atoms with E-state index in [4.69, 9.17) is 11.6 Å². The largest absolute Gasteiger partial charge is 0.352 e. The van der Waals surface area contributed by atoms with Gasteiger partial charge < -0.3 is 10.2 Å². The number of hydrogen-bond donors (Lipinski definition) is 1. The van der Waals surface area contributed by atoms with E-state index in [1.807, 2.05) is 66.7 Å². The van der Waals surface area contributed by atoms with Gasteiger partial charge in [-0.25, -0.2) is 0 Å². The highest BCUT2D eigenvalue weighted by atomic mass is 79.9. The fourth-order valence-corrected chi connectivity index (χ4v) is 5.20. The normalized spacial score (nSPS) is 14.5. The fraction of sp³-hybridized carbons (Fsp3) is 0.310. The molecule has 1 N–H and O–H groups in total. The summed E-state index contributed by atoms with van der Waals surface area (Å²) in [5.41, 5.74) is 2.86. The molecule has 1 aliphatic carbocycles. The lowest BCUT2D eigenvalue weighted by Crippen LogP contribution is -2.52. The maximum atomic E-state index is 13.8. The quantitative estimate of drug-likeness (QED) is 0.336. The van der Waals surface area contributed by atoms with Crippen molar-refractivity contribution in [3.05, 3.63) is 105 Å². The van der Waals surface area contributed by atoms with Gasteiger partial charge in [-0.2, -0.15) is 0 Å². The summed E-state index contributed by atoms with van der Waals surface area (Å²) in [4.78, 5) is 29.2. The van der Waals surface area contributed by atoms with Crippen molar-refractivity contribution in [2.75, 3.05) is 0 Å². The molecule has 0 aromatic heterocycles. The van der Waals surface area contributed by atoms with Crippen LogP contribution >= 0.6 is 27.5 Å². The smallest absolute Gasteiger partial charge is 0.243 e. The Morgan fingerprint density at radius 1 is 0.914 bits per heavy atom. The number of rotatable bonds is 9. The molecule has 1 aliphatic rings. The zero-order valence-corrected chi connectivity index (χ0v) is 22.0. The topological polar surface area (TPSA) is 49.4 Å². The van der Waals surface area contributed by atoms with Crippen molar-refractivity contribution < 1.29 is 9.59 Å². The molecule has 0 unspecified atom stereocenters. The minimum atomic E-state index is -0.614. The van der Waals surface area contributed by atoms with E-state index in [2.05, 4.69) is 21.2 Å². The van der Waals surface area contributed by atoms with Crippen molar-refractivity contribution in [2.24, 2.45) is 0 Å². The first-order valence-corrected chi connectivity index (χ1v) is 13.3. The van der Waals surface area contributed by atoms with Crippen LogP contribution < -0.4 is 5.32 Å². The van der Waals surface area contributed by atoms with Crippen molar-refractivity contribution in [1.82, 2.24) is 10.2 Å². The Morgan fingerprint density at radius 2 is 1.60 bits per heavy atom. The van der Waals surface area contributed by atoms with Crippen molar-refractivity contribution in [3.63, 3.8) is 0 Å². The average molecular weight is 554 g/mol. The summed E-state index contributed by atoms with van der Waals surface area (Å²) in [6, 6.07) is 24.7. The van der Waals surface area contributed by atoms with Crippen molar-refractivity contribution in [1.29, 1.82) is 0 Å². The molecule has 1 saturated carbocycles. The Labute approximate surface area is 220 Å². The number of nitrogens with one attached hydrogen (secondary N) is 1. The van der Waals surface area contributed by atoms with Gasteiger partial charge in [0, 0.05) is 28.5 Å². The van der Waals surface area contributed by atoms with E-state index in [0.29, 0.717) is 18.0 Å². The second kappa shape index (κ2) is 12.4. The van der Waals surface area contributed by atoms with Crippen LogP contribution in [0.2, 0.25) is 5.02 Å². The zero-order chi connectivity index (χ0) is 24.6. The number of benzene rings is 3. The van der Waals surface area contributed by atoms with Crippen LogP contribution in [0.15, 0.2) is 83.3 Å². The molecular formula is C29H30BrClN2O2. The van der Waals surface area contributed by atoms with Gasteiger partial charge in [-0.1, -0.05) is 95.0 Å². The molecule has 6 heteroatoms. The standard InChI is InChI=1S/C29H30BrClN2O2/c30-24-10-6-9-23(17-24)20-33(28(34)19-22-13-15-25(31)16-14-22)27(18-21-7-2-1-3-8-21)29(35)32-26-11-4-5-12-26/h1-3,6-10,13-17,26-27H,4-5,11-12,18-20H2,(H,32,35)/t27-/m0/s1. The molecule has 0 bridgehead atoms. The van der Waals surface area contributed by atoms with Gasteiger partial charge in [0.25, 0.3) is 0 Å². The number of amides is 2. The van der Waals surface area contributed by atoms with Crippen LogP contribution in [-0.2, 0) is 29.0 Å². The van der Waals surface area contributed by atoms with Gasteiger partial charge in [-0.05, 0) is 53.8 Å². The Kier molecular flexibility index (Phi) is 9.00. The third kappa shape index (κ3) is 7.42. The van der Waals surface area contributed by atoms with Crippen LogP contribution in [0.4, 0.5) is 0 Å². The summed E-state index contributed by atoms with van der Waals surface area (Å²) in [5.74, 6) is -0.171. The average Bonchev–Trinajstić information content (AvgIpc) is 3.36. The summed E-state index contributed by atoms with van der Waals surface area (Å²) in [7, 11) is 0. The maximum absolute atomic E-state index is 13.8. The molecular weight excluding hydrogens is 524 g/mol. The van der Waals surface area contributed by atoms with Gasteiger partial charge in [0.15, 0.2) is 0 Å². The molecule has 0 radical (unpaired) electrons. The second-order valence-electron chi connectivity index (χ2n) is 9.15. The second-order valence-corrected chi connectivity index (χ2v) is 10.5. The number of halogens is 2. The van der Waals surface area contributed by atoms with Gasteiger partial charge >= 0.3 is 0 Å². The van der Waals surface area contributed by atoms with E-state index < -0.39 is 6.04 Å². The van der Waals surface area contributed by atoms with Gasteiger partial charge in [0.1, 0.15) is 6.04 Å². The molecule has 4 rings (SSSR count). The van der Waals surface area contributed by atoms with E-state index >= 15 is 0 Å². The Morgan fingerprint density at radius 3 is 2.29 bits per heavy atom. The molecule has 4 nitrogen and oxygen atoms in total. The molecule has 0 heterocycles. The SMILES string of the molecule is O=C(NC1CCCC1)[C@H](Cc1ccccc1)N(Cc1cccc(Br)c1)C(=O)Cc1ccc(Cl)cc1. The summed E-state index contributed by atoms with van der Waals surface area (Å²) >= 11 is 9.58. The molecule has 3 aromatic rings. The van der Waals surface area contributed by atoms with Crippen LogP contribution in [0, 0.1) is 0 Å². The highest BCUT2D eigenvalue weighted by Gasteiger charge is 2.32. The van der Waals surface area contributed by atoms with Gasteiger partial charge in [0.05, 0.1) is 6.42 Å². The summed E-state index contributed by atoms with van der Waals surface area (Å²) in [5, 5.41) is 3.87. The van der Waals surface area contributed by atoms with Gasteiger partial charge in [-0.15, -0.1) is 0 Å².